The first kappa shape index (κ1) is 14.1. The number of hydrogen-bond donors (Lipinski definition) is 2. The fourth-order valence-electron chi connectivity index (χ4n) is 1.27. The highest BCUT2D eigenvalue weighted by Crippen LogP contribution is 2.27. The number of carbonyl (C=O) groups is 1. The number of anilines is 1. The maximum absolute atomic E-state index is 12.4. The van der Waals surface area contributed by atoms with Gasteiger partial charge in [0, 0.05) is 12.2 Å². The standard InChI is InChI=1S/C11H12F3NO3/c1-18-8-4-2-7(3-5-8)15-6-9(10(16)17)11(12,13)14/h2-5,9,15H,6H2,1H3,(H,16,17). The van der Waals surface area contributed by atoms with Crippen LogP contribution in [-0.4, -0.2) is 30.9 Å². The van der Waals surface area contributed by atoms with Crippen LogP contribution >= 0.6 is 0 Å². The number of hydrogen-bond acceptors (Lipinski definition) is 3. The summed E-state index contributed by atoms with van der Waals surface area (Å²) < 4.78 is 41.9. The van der Waals surface area contributed by atoms with Crippen LogP contribution in [0.1, 0.15) is 0 Å². The van der Waals surface area contributed by atoms with Gasteiger partial charge < -0.3 is 15.2 Å². The maximum atomic E-state index is 12.4. The molecule has 0 radical (unpaired) electrons. The van der Waals surface area contributed by atoms with Gasteiger partial charge in [0.15, 0.2) is 5.92 Å². The molecule has 1 atom stereocenters. The molecule has 1 aromatic carbocycles. The van der Waals surface area contributed by atoms with E-state index in [0.29, 0.717) is 11.4 Å². The Labute approximate surface area is 101 Å². The largest absolute Gasteiger partial charge is 0.497 e. The highest BCUT2D eigenvalue weighted by Gasteiger charge is 2.44. The van der Waals surface area contributed by atoms with E-state index >= 15 is 0 Å². The number of alkyl halides is 3. The molecule has 0 bridgehead atoms. The van der Waals surface area contributed by atoms with Gasteiger partial charge in [-0.1, -0.05) is 0 Å². The molecule has 1 unspecified atom stereocenters. The molecule has 7 heteroatoms. The molecule has 100 valence electrons. The first-order chi connectivity index (χ1) is 8.34. The van der Waals surface area contributed by atoms with Crippen LogP contribution in [0.25, 0.3) is 0 Å². The first-order valence-corrected chi connectivity index (χ1v) is 5.02. The molecule has 0 aliphatic carbocycles. The van der Waals surface area contributed by atoms with Crippen molar-refractivity contribution in [3.05, 3.63) is 24.3 Å². The van der Waals surface area contributed by atoms with Gasteiger partial charge in [-0.3, -0.25) is 4.79 Å². The SMILES string of the molecule is COc1ccc(NCC(C(=O)O)C(F)(F)F)cc1. The lowest BCUT2D eigenvalue weighted by molar-refractivity contribution is -0.190. The normalized spacial score (nSPS) is 12.9. The zero-order chi connectivity index (χ0) is 13.8. The van der Waals surface area contributed by atoms with Gasteiger partial charge in [0.2, 0.25) is 0 Å². The number of methoxy groups -OCH3 is 1. The topological polar surface area (TPSA) is 58.6 Å². The minimum absolute atomic E-state index is 0.395. The van der Waals surface area contributed by atoms with Crippen molar-refractivity contribution in [2.75, 3.05) is 19.0 Å². The van der Waals surface area contributed by atoms with E-state index in [1.807, 2.05) is 0 Å². The Morgan fingerprint density at radius 2 is 1.94 bits per heavy atom. The predicted octanol–water partition coefficient (Wildman–Crippen LogP) is 2.37. The van der Waals surface area contributed by atoms with Crippen molar-refractivity contribution in [1.82, 2.24) is 0 Å². The second-order valence-electron chi connectivity index (χ2n) is 3.54. The third-order valence-corrected chi connectivity index (χ3v) is 2.29. The van der Waals surface area contributed by atoms with E-state index in [1.54, 1.807) is 12.1 Å². The molecule has 0 saturated heterocycles. The zero-order valence-corrected chi connectivity index (χ0v) is 9.49. The highest BCUT2D eigenvalue weighted by molar-refractivity contribution is 5.71. The Bertz CT molecular complexity index is 403. The summed E-state index contributed by atoms with van der Waals surface area (Å²) in [6.07, 6.45) is -4.77. The lowest BCUT2D eigenvalue weighted by Gasteiger charge is -2.17. The Balaban J connectivity index is 2.64. The van der Waals surface area contributed by atoms with Crippen LogP contribution in [0.15, 0.2) is 24.3 Å². The third-order valence-electron chi connectivity index (χ3n) is 2.29. The number of halogens is 3. The van der Waals surface area contributed by atoms with E-state index in [9.17, 15) is 18.0 Å². The van der Waals surface area contributed by atoms with Gasteiger partial charge in [0.05, 0.1) is 7.11 Å². The molecule has 1 rings (SSSR count). The molecule has 0 spiro atoms. The number of carboxylic acid groups (broad SMARTS) is 1. The summed E-state index contributed by atoms with van der Waals surface area (Å²) >= 11 is 0. The van der Waals surface area contributed by atoms with Crippen LogP contribution in [0.4, 0.5) is 18.9 Å². The van der Waals surface area contributed by atoms with Gasteiger partial charge in [-0.25, -0.2) is 0 Å². The van der Waals surface area contributed by atoms with Crippen LogP contribution < -0.4 is 10.1 Å². The third kappa shape index (κ3) is 3.83. The zero-order valence-electron chi connectivity index (χ0n) is 9.49. The van der Waals surface area contributed by atoms with Crippen molar-refractivity contribution >= 4 is 11.7 Å². The maximum Gasteiger partial charge on any atom is 0.403 e. The van der Waals surface area contributed by atoms with Gasteiger partial charge in [0.25, 0.3) is 0 Å². The van der Waals surface area contributed by atoms with Crippen molar-refractivity contribution in [3.8, 4) is 5.75 Å². The van der Waals surface area contributed by atoms with Crippen LogP contribution in [0, 0.1) is 5.92 Å². The number of benzene rings is 1. The molecule has 4 nitrogen and oxygen atoms in total. The van der Waals surface area contributed by atoms with Crippen LogP contribution in [-0.2, 0) is 4.79 Å². The Morgan fingerprint density at radius 3 is 2.33 bits per heavy atom. The summed E-state index contributed by atoms with van der Waals surface area (Å²) in [5, 5.41) is 10.9. The van der Waals surface area contributed by atoms with Gasteiger partial charge in [-0.05, 0) is 24.3 Å². The van der Waals surface area contributed by atoms with Crippen molar-refractivity contribution in [2.24, 2.45) is 5.92 Å². The second kappa shape index (κ2) is 5.61. The van der Waals surface area contributed by atoms with Crippen molar-refractivity contribution < 1.29 is 27.8 Å². The molecule has 0 aromatic heterocycles. The second-order valence-corrected chi connectivity index (χ2v) is 3.54. The average molecular weight is 263 g/mol. The van der Waals surface area contributed by atoms with E-state index in [1.165, 1.54) is 19.2 Å². The molecule has 0 amide bonds. The van der Waals surface area contributed by atoms with Gasteiger partial charge >= 0.3 is 12.1 Å². The molecule has 2 N–H and O–H groups in total. The Hall–Kier alpha value is -1.92. The lowest BCUT2D eigenvalue weighted by Crippen LogP contribution is -2.36. The molecule has 0 saturated carbocycles. The van der Waals surface area contributed by atoms with Crippen LogP contribution in [0.5, 0.6) is 5.75 Å². The van der Waals surface area contributed by atoms with Crippen LogP contribution in [0.3, 0.4) is 0 Å². The first-order valence-electron chi connectivity index (χ1n) is 5.02. The highest BCUT2D eigenvalue weighted by atomic mass is 19.4. The number of nitrogens with one attached hydrogen (secondary N) is 1. The molecule has 1 aromatic rings. The van der Waals surface area contributed by atoms with E-state index < -0.39 is 24.6 Å². The van der Waals surface area contributed by atoms with Gasteiger partial charge in [-0.2, -0.15) is 13.2 Å². The molecule has 18 heavy (non-hydrogen) atoms. The van der Waals surface area contributed by atoms with Gasteiger partial charge in [0.1, 0.15) is 5.75 Å². The van der Waals surface area contributed by atoms with Gasteiger partial charge in [-0.15, -0.1) is 0 Å². The Kier molecular flexibility index (Phi) is 4.41. The summed E-state index contributed by atoms with van der Waals surface area (Å²) in [4.78, 5) is 10.5. The molecule has 0 fully saturated rings. The van der Waals surface area contributed by atoms with E-state index in [-0.39, 0.29) is 0 Å². The minimum atomic E-state index is -4.77. The monoisotopic (exact) mass is 263 g/mol. The average Bonchev–Trinajstić information content (AvgIpc) is 2.28. The molecule has 0 heterocycles. The quantitative estimate of drug-likeness (QED) is 0.856. The predicted molar refractivity (Wildman–Crippen MR) is 58.7 cm³/mol. The van der Waals surface area contributed by atoms with E-state index in [0.717, 1.165) is 0 Å². The molecular weight excluding hydrogens is 251 g/mol. The molecular formula is C11H12F3NO3. The van der Waals surface area contributed by atoms with Crippen molar-refractivity contribution in [1.29, 1.82) is 0 Å². The summed E-state index contributed by atoms with van der Waals surface area (Å²) in [6.45, 7) is -0.717. The number of rotatable bonds is 5. The summed E-state index contributed by atoms with van der Waals surface area (Å²) in [5.74, 6) is -3.77. The fourth-order valence-corrected chi connectivity index (χ4v) is 1.27. The fraction of sp³-hybridized carbons (Fsp3) is 0.364. The van der Waals surface area contributed by atoms with Crippen LogP contribution in [0.2, 0.25) is 0 Å². The number of ether oxygens (including phenoxy) is 1. The summed E-state index contributed by atoms with van der Waals surface area (Å²) in [5.41, 5.74) is 0.395. The van der Waals surface area contributed by atoms with Crippen molar-refractivity contribution in [3.63, 3.8) is 0 Å². The number of aliphatic carboxylic acids is 1. The molecule has 0 aliphatic heterocycles. The number of carboxylic acids is 1. The molecule has 0 aliphatic rings. The lowest BCUT2D eigenvalue weighted by atomic mass is 10.1. The van der Waals surface area contributed by atoms with E-state index in [2.05, 4.69) is 5.32 Å². The summed E-state index contributed by atoms with van der Waals surface area (Å²) in [6, 6.07) is 6.14. The summed E-state index contributed by atoms with van der Waals surface area (Å²) in [7, 11) is 1.46. The van der Waals surface area contributed by atoms with Crippen molar-refractivity contribution in [2.45, 2.75) is 6.18 Å². The minimum Gasteiger partial charge on any atom is -0.497 e. The Morgan fingerprint density at radius 1 is 1.39 bits per heavy atom. The van der Waals surface area contributed by atoms with E-state index in [4.69, 9.17) is 9.84 Å². The smallest absolute Gasteiger partial charge is 0.403 e.